The van der Waals surface area contributed by atoms with Crippen LogP contribution in [0.25, 0.3) is 5.95 Å². The number of hydrogen-bond acceptors (Lipinski definition) is 6. The number of hydrogen-bond donors (Lipinski definition) is 1. The third kappa shape index (κ3) is 3.62. The quantitative estimate of drug-likeness (QED) is 0.898. The van der Waals surface area contributed by atoms with Gasteiger partial charge in [-0.05, 0) is 31.5 Å². The summed E-state index contributed by atoms with van der Waals surface area (Å²) in [4.78, 5) is 14.0. The maximum Gasteiger partial charge on any atom is 0.256 e. The molecule has 0 amide bonds. The van der Waals surface area contributed by atoms with Crippen molar-refractivity contribution < 1.29 is 5.11 Å². The van der Waals surface area contributed by atoms with Gasteiger partial charge in [-0.1, -0.05) is 0 Å². The smallest absolute Gasteiger partial charge is 0.256 e. The van der Waals surface area contributed by atoms with Gasteiger partial charge in [-0.3, -0.25) is 0 Å². The van der Waals surface area contributed by atoms with E-state index in [4.69, 9.17) is 11.6 Å². The highest BCUT2D eigenvalue weighted by Gasteiger charge is 2.19. The van der Waals surface area contributed by atoms with Crippen LogP contribution in [-0.4, -0.2) is 49.0 Å². The lowest BCUT2D eigenvalue weighted by Gasteiger charge is -2.25. The minimum atomic E-state index is -0.861. The second-order valence-electron chi connectivity index (χ2n) is 4.82. The van der Waals surface area contributed by atoms with Crippen molar-refractivity contribution in [3.63, 3.8) is 0 Å². The Balaban J connectivity index is 2.32. The molecule has 0 aliphatic heterocycles. The molecule has 0 aliphatic carbocycles. The van der Waals surface area contributed by atoms with Crippen molar-refractivity contribution in [2.75, 3.05) is 18.5 Å². The van der Waals surface area contributed by atoms with E-state index in [-0.39, 0.29) is 5.28 Å². The molecule has 19 heavy (non-hydrogen) atoms. The summed E-state index contributed by atoms with van der Waals surface area (Å²) in [5.74, 6) is 0.718. The van der Waals surface area contributed by atoms with Crippen molar-refractivity contribution in [1.82, 2.24) is 24.7 Å². The summed E-state index contributed by atoms with van der Waals surface area (Å²) >= 11 is 5.89. The minimum absolute atomic E-state index is 0.0816. The molecule has 0 aromatic carbocycles. The van der Waals surface area contributed by atoms with Gasteiger partial charge in [-0.15, -0.1) is 0 Å². The molecule has 0 saturated heterocycles. The van der Waals surface area contributed by atoms with E-state index in [1.807, 2.05) is 0 Å². The lowest BCUT2D eigenvalue weighted by molar-refractivity contribution is 0.0882. The lowest BCUT2D eigenvalue weighted by atomic mass is 10.1. The van der Waals surface area contributed by atoms with Crippen LogP contribution < -0.4 is 4.90 Å². The maximum absolute atomic E-state index is 9.81. The largest absolute Gasteiger partial charge is 0.389 e. The minimum Gasteiger partial charge on any atom is -0.389 e. The number of halogens is 1. The molecule has 1 N–H and O–H groups in total. The molecule has 2 rings (SSSR count). The molecule has 0 saturated carbocycles. The summed E-state index contributed by atoms with van der Waals surface area (Å²) < 4.78 is 1.50. The predicted molar refractivity (Wildman–Crippen MR) is 71.5 cm³/mol. The number of anilines is 1. The fraction of sp³-hybridized carbons (Fsp3) is 0.455. The monoisotopic (exact) mass is 282 g/mol. The summed E-state index contributed by atoms with van der Waals surface area (Å²) in [5, 5.41) is 13.9. The van der Waals surface area contributed by atoms with Crippen molar-refractivity contribution in [3.8, 4) is 5.95 Å². The zero-order valence-corrected chi connectivity index (χ0v) is 11.7. The van der Waals surface area contributed by atoms with Gasteiger partial charge in [0.2, 0.25) is 11.2 Å². The van der Waals surface area contributed by atoms with E-state index in [2.05, 4.69) is 20.1 Å². The van der Waals surface area contributed by atoms with Gasteiger partial charge < -0.3 is 10.0 Å². The Morgan fingerprint density at radius 2 is 2.11 bits per heavy atom. The Bertz CT molecular complexity index is 551. The summed E-state index contributed by atoms with van der Waals surface area (Å²) in [7, 11) is 1.77. The normalized spacial score (nSPS) is 11.6. The molecule has 8 heteroatoms. The van der Waals surface area contributed by atoms with E-state index < -0.39 is 5.60 Å². The SMILES string of the molecule is CN(CC(C)(C)O)c1nc(Cl)nc(-n2cccn2)n1. The van der Waals surface area contributed by atoms with Gasteiger partial charge in [-0.2, -0.15) is 20.1 Å². The molecule has 0 atom stereocenters. The molecule has 2 aromatic heterocycles. The molecule has 0 radical (unpaired) electrons. The Hall–Kier alpha value is -1.73. The fourth-order valence-electron chi connectivity index (χ4n) is 1.64. The molecular formula is C11H15ClN6O. The third-order valence-electron chi connectivity index (χ3n) is 2.26. The molecule has 102 valence electrons. The van der Waals surface area contributed by atoms with Gasteiger partial charge in [0, 0.05) is 26.0 Å². The predicted octanol–water partition coefficient (Wildman–Crippen LogP) is 0.918. The standard InChI is InChI=1S/C11H15ClN6O/c1-11(2,19)7-17(3)9-14-8(12)15-10(16-9)18-6-4-5-13-18/h4-6,19H,7H2,1-3H3. The topological polar surface area (TPSA) is 80.0 Å². The third-order valence-corrected chi connectivity index (χ3v) is 2.43. The van der Waals surface area contributed by atoms with Gasteiger partial charge in [0.15, 0.2) is 0 Å². The van der Waals surface area contributed by atoms with Crippen LogP contribution in [0.15, 0.2) is 18.5 Å². The Kier molecular flexibility index (Phi) is 3.68. The highest BCUT2D eigenvalue weighted by atomic mass is 35.5. The zero-order chi connectivity index (χ0) is 14.0. The van der Waals surface area contributed by atoms with E-state index in [1.54, 1.807) is 44.3 Å². The average molecular weight is 283 g/mol. The molecule has 2 heterocycles. The van der Waals surface area contributed by atoms with Crippen LogP contribution in [-0.2, 0) is 0 Å². The molecule has 0 bridgehead atoms. The first-order valence-electron chi connectivity index (χ1n) is 5.70. The van der Waals surface area contributed by atoms with Crippen molar-refractivity contribution in [2.45, 2.75) is 19.4 Å². The van der Waals surface area contributed by atoms with E-state index in [1.165, 1.54) is 4.68 Å². The average Bonchev–Trinajstić information content (AvgIpc) is 2.79. The fourth-order valence-corrected chi connectivity index (χ4v) is 1.79. The second-order valence-corrected chi connectivity index (χ2v) is 5.16. The van der Waals surface area contributed by atoms with E-state index >= 15 is 0 Å². The number of aliphatic hydroxyl groups is 1. The molecule has 0 spiro atoms. The van der Waals surface area contributed by atoms with Crippen LogP contribution in [0.2, 0.25) is 5.28 Å². The molecular weight excluding hydrogens is 268 g/mol. The van der Waals surface area contributed by atoms with Gasteiger partial charge in [0.1, 0.15) is 0 Å². The zero-order valence-electron chi connectivity index (χ0n) is 10.9. The van der Waals surface area contributed by atoms with Crippen LogP contribution >= 0.6 is 11.6 Å². The lowest BCUT2D eigenvalue weighted by Crippen LogP contribution is -2.37. The Morgan fingerprint density at radius 3 is 2.68 bits per heavy atom. The van der Waals surface area contributed by atoms with Crippen LogP contribution in [0, 0.1) is 0 Å². The van der Waals surface area contributed by atoms with Gasteiger partial charge in [-0.25, -0.2) is 4.68 Å². The number of aromatic nitrogens is 5. The second kappa shape index (κ2) is 5.10. The van der Waals surface area contributed by atoms with E-state index in [0.29, 0.717) is 18.4 Å². The molecule has 2 aromatic rings. The van der Waals surface area contributed by atoms with Gasteiger partial charge >= 0.3 is 0 Å². The van der Waals surface area contributed by atoms with Crippen LogP contribution in [0.3, 0.4) is 0 Å². The molecule has 0 aliphatic rings. The maximum atomic E-state index is 9.81. The molecule has 0 fully saturated rings. The van der Waals surface area contributed by atoms with Crippen LogP contribution in [0.4, 0.5) is 5.95 Å². The van der Waals surface area contributed by atoms with Crippen LogP contribution in [0.5, 0.6) is 0 Å². The van der Waals surface area contributed by atoms with Gasteiger partial charge in [0.05, 0.1) is 5.60 Å². The Morgan fingerprint density at radius 1 is 1.37 bits per heavy atom. The van der Waals surface area contributed by atoms with Crippen molar-refractivity contribution in [1.29, 1.82) is 0 Å². The Labute approximate surface area is 115 Å². The summed E-state index contributed by atoms with van der Waals surface area (Å²) in [5.41, 5.74) is -0.861. The summed E-state index contributed by atoms with van der Waals surface area (Å²) in [6.45, 7) is 3.79. The number of likely N-dealkylation sites (N-methyl/N-ethyl adjacent to an activating group) is 1. The highest BCUT2D eigenvalue weighted by Crippen LogP contribution is 2.14. The first-order chi connectivity index (χ1) is 8.85. The van der Waals surface area contributed by atoms with E-state index in [9.17, 15) is 5.11 Å². The first kappa shape index (κ1) is 13.7. The number of nitrogens with zero attached hydrogens (tertiary/aromatic N) is 6. The van der Waals surface area contributed by atoms with Gasteiger partial charge in [0.25, 0.3) is 5.95 Å². The van der Waals surface area contributed by atoms with Crippen LogP contribution in [0.1, 0.15) is 13.8 Å². The summed E-state index contributed by atoms with van der Waals surface area (Å²) in [6, 6.07) is 1.76. The number of rotatable bonds is 4. The highest BCUT2D eigenvalue weighted by molar-refractivity contribution is 6.28. The van der Waals surface area contributed by atoms with Crippen molar-refractivity contribution in [2.24, 2.45) is 0 Å². The molecule has 7 nitrogen and oxygen atoms in total. The van der Waals surface area contributed by atoms with Crippen molar-refractivity contribution in [3.05, 3.63) is 23.7 Å². The summed E-state index contributed by atoms with van der Waals surface area (Å²) in [6.07, 6.45) is 3.34. The van der Waals surface area contributed by atoms with Crippen molar-refractivity contribution >= 4 is 17.5 Å². The van der Waals surface area contributed by atoms with E-state index in [0.717, 1.165) is 0 Å². The first-order valence-corrected chi connectivity index (χ1v) is 6.08. The molecule has 0 unspecified atom stereocenters.